The predicted octanol–water partition coefficient (Wildman–Crippen LogP) is 5.49. The minimum absolute atomic E-state index is 0.267. The molecule has 0 radical (unpaired) electrons. The topological polar surface area (TPSA) is 66.8 Å². The molecule has 1 aliphatic heterocycles. The number of amides is 1. The third-order valence-corrected chi connectivity index (χ3v) is 5.72. The van der Waals surface area contributed by atoms with E-state index >= 15 is 0 Å². The Bertz CT molecular complexity index is 1120. The molecule has 0 aromatic heterocycles. The molecule has 3 aromatic carbocycles. The van der Waals surface area contributed by atoms with Crippen LogP contribution in [0.5, 0.6) is 0 Å². The number of hydrogen-bond acceptors (Lipinski definition) is 3. The molecule has 4 rings (SSSR count). The zero-order chi connectivity index (χ0) is 22.0. The monoisotopic (exact) mass is 455 g/mol. The van der Waals surface area contributed by atoms with Crippen LogP contribution < -0.4 is 4.90 Å². The normalized spacial score (nSPS) is 18.4. The predicted molar refractivity (Wildman–Crippen MR) is 120 cm³/mol. The molecule has 5 nitrogen and oxygen atoms in total. The Labute approximate surface area is 189 Å². The molecule has 3 aromatic rings. The number of nitrogens with zero attached hydrogens (tertiary/aromatic N) is 1. The molecule has 0 saturated heterocycles. The minimum Gasteiger partial charge on any atom is -0.481 e. The minimum atomic E-state index is -1.19. The molecule has 31 heavy (non-hydrogen) atoms. The lowest BCUT2D eigenvalue weighted by molar-refractivity contribution is -0.146. The first-order valence-electron chi connectivity index (χ1n) is 9.70. The van der Waals surface area contributed by atoms with Crippen LogP contribution in [0.2, 0.25) is 10.0 Å². The van der Waals surface area contributed by atoms with Crippen molar-refractivity contribution in [3.8, 4) is 0 Å². The van der Waals surface area contributed by atoms with Crippen molar-refractivity contribution in [1.82, 2.24) is 0 Å². The second-order valence-electron chi connectivity index (χ2n) is 7.24. The van der Waals surface area contributed by atoms with Crippen LogP contribution in [0.1, 0.15) is 29.2 Å². The number of rotatable bonds is 5. The molecule has 1 heterocycles. The molecule has 1 aliphatic rings. The van der Waals surface area contributed by atoms with E-state index in [2.05, 4.69) is 0 Å². The molecule has 0 bridgehead atoms. The summed E-state index contributed by atoms with van der Waals surface area (Å²) in [7, 11) is 0. The van der Waals surface area contributed by atoms with Gasteiger partial charge in [-0.15, -0.1) is 0 Å². The van der Waals surface area contributed by atoms with E-state index in [0.29, 0.717) is 26.9 Å². The van der Waals surface area contributed by atoms with E-state index in [4.69, 9.17) is 27.9 Å². The van der Waals surface area contributed by atoms with Crippen molar-refractivity contribution >= 4 is 40.8 Å². The van der Waals surface area contributed by atoms with Crippen molar-refractivity contribution in [2.75, 3.05) is 4.90 Å². The van der Waals surface area contributed by atoms with E-state index < -0.39 is 30.5 Å². The highest BCUT2D eigenvalue weighted by Crippen LogP contribution is 2.42. The Kier molecular flexibility index (Phi) is 6.28. The molecule has 2 atom stereocenters. The largest absolute Gasteiger partial charge is 0.481 e. The van der Waals surface area contributed by atoms with Crippen LogP contribution in [0.15, 0.2) is 72.8 Å². The third kappa shape index (κ3) is 4.59. The zero-order valence-electron chi connectivity index (χ0n) is 16.4. The van der Waals surface area contributed by atoms with Crippen LogP contribution in [-0.4, -0.2) is 23.1 Å². The van der Waals surface area contributed by atoms with Crippen molar-refractivity contribution in [1.29, 1.82) is 0 Å². The molecule has 0 aliphatic carbocycles. The zero-order valence-corrected chi connectivity index (χ0v) is 17.9. The maximum atomic E-state index is 13.5. The number of carbonyl (C=O) groups is 2. The molecule has 0 saturated carbocycles. The van der Waals surface area contributed by atoms with E-state index in [1.165, 1.54) is 0 Å². The Balaban J connectivity index is 1.88. The molecule has 0 fully saturated rings. The van der Waals surface area contributed by atoms with Gasteiger partial charge in [0.15, 0.2) is 0 Å². The highest BCUT2D eigenvalue weighted by molar-refractivity contribution is 6.31. The van der Waals surface area contributed by atoms with Gasteiger partial charge in [0.25, 0.3) is 5.91 Å². The van der Waals surface area contributed by atoms with Gasteiger partial charge in [0, 0.05) is 21.2 Å². The van der Waals surface area contributed by atoms with Crippen LogP contribution in [0.3, 0.4) is 0 Å². The lowest BCUT2D eigenvalue weighted by atomic mass is 9.99. The number of fused-ring (bicyclic) bond motifs is 1. The van der Waals surface area contributed by atoms with Gasteiger partial charge in [-0.2, -0.15) is 0 Å². The SMILES string of the molecule is O=C(O)C[C@@H]1O[C@@H](c2ccccc2Cl)c2cc(Cl)ccc2N(Cc2ccccc2)C1=O. The second-order valence-corrected chi connectivity index (χ2v) is 8.08. The lowest BCUT2D eigenvalue weighted by Crippen LogP contribution is -2.40. The summed E-state index contributed by atoms with van der Waals surface area (Å²) in [5.41, 5.74) is 2.80. The van der Waals surface area contributed by atoms with Crippen LogP contribution >= 0.6 is 23.2 Å². The van der Waals surface area contributed by atoms with Gasteiger partial charge < -0.3 is 14.7 Å². The Morgan fingerprint density at radius 1 is 0.968 bits per heavy atom. The van der Waals surface area contributed by atoms with E-state index in [-0.39, 0.29) is 6.54 Å². The summed E-state index contributed by atoms with van der Waals surface area (Å²) < 4.78 is 6.14. The summed E-state index contributed by atoms with van der Waals surface area (Å²) in [6.07, 6.45) is -2.41. The number of ether oxygens (including phenoxy) is 1. The van der Waals surface area contributed by atoms with E-state index in [0.717, 1.165) is 5.56 Å². The number of halogens is 2. The first-order chi connectivity index (χ1) is 14.9. The fraction of sp³-hybridized carbons (Fsp3) is 0.167. The number of carbonyl (C=O) groups excluding carboxylic acids is 1. The average molecular weight is 456 g/mol. The van der Waals surface area contributed by atoms with E-state index in [1.807, 2.05) is 36.4 Å². The Morgan fingerprint density at radius 3 is 2.39 bits per heavy atom. The summed E-state index contributed by atoms with van der Waals surface area (Å²) in [6.45, 7) is 0.267. The summed E-state index contributed by atoms with van der Waals surface area (Å²) in [5, 5.41) is 10.4. The summed E-state index contributed by atoms with van der Waals surface area (Å²) in [5.74, 6) is -1.55. The van der Waals surface area contributed by atoms with Crippen molar-refractivity contribution in [3.05, 3.63) is 99.5 Å². The van der Waals surface area contributed by atoms with Crippen molar-refractivity contribution in [2.45, 2.75) is 25.2 Å². The molecule has 158 valence electrons. The number of benzene rings is 3. The summed E-state index contributed by atoms with van der Waals surface area (Å²) in [6, 6.07) is 21.8. The molecule has 1 N–H and O–H groups in total. The quantitative estimate of drug-likeness (QED) is 0.552. The summed E-state index contributed by atoms with van der Waals surface area (Å²) in [4.78, 5) is 26.6. The molecule has 7 heteroatoms. The highest BCUT2D eigenvalue weighted by atomic mass is 35.5. The van der Waals surface area contributed by atoms with Gasteiger partial charge in [-0.25, -0.2) is 0 Å². The van der Waals surface area contributed by atoms with E-state index in [9.17, 15) is 14.7 Å². The standard InChI is InChI=1S/C24H19Cl2NO4/c25-16-10-11-20-18(12-16)23(17-8-4-5-9-19(17)26)31-21(13-22(28)29)24(30)27(20)14-15-6-2-1-3-7-15/h1-12,21,23H,13-14H2,(H,28,29)/t21-,23-/m0/s1. The first kappa shape index (κ1) is 21.4. The average Bonchev–Trinajstić information content (AvgIpc) is 2.85. The molecule has 0 unspecified atom stereocenters. The van der Waals surface area contributed by atoms with Gasteiger partial charge in [0.1, 0.15) is 12.2 Å². The Hall–Kier alpha value is -2.86. The highest BCUT2D eigenvalue weighted by Gasteiger charge is 2.38. The fourth-order valence-electron chi connectivity index (χ4n) is 3.72. The smallest absolute Gasteiger partial charge is 0.306 e. The van der Waals surface area contributed by atoms with Gasteiger partial charge in [-0.3, -0.25) is 9.59 Å². The van der Waals surface area contributed by atoms with Gasteiger partial charge >= 0.3 is 5.97 Å². The number of carboxylic acid groups (broad SMARTS) is 1. The lowest BCUT2D eigenvalue weighted by Gasteiger charge is -2.25. The molecular formula is C24H19Cl2NO4. The van der Waals surface area contributed by atoms with Crippen LogP contribution in [0.4, 0.5) is 5.69 Å². The fourth-order valence-corrected chi connectivity index (χ4v) is 4.14. The van der Waals surface area contributed by atoms with Crippen LogP contribution in [0.25, 0.3) is 0 Å². The van der Waals surface area contributed by atoms with E-state index in [1.54, 1.807) is 41.3 Å². The number of aliphatic carboxylic acids is 1. The number of hydrogen-bond donors (Lipinski definition) is 1. The van der Waals surface area contributed by atoms with Crippen molar-refractivity contribution < 1.29 is 19.4 Å². The number of carboxylic acids is 1. The maximum absolute atomic E-state index is 13.5. The number of anilines is 1. The van der Waals surface area contributed by atoms with Gasteiger partial charge in [0.05, 0.1) is 18.7 Å². The third-order valence-electron chi connectivity index (χ3n) is 5.14. The molecule has 1 amide bonds. The van der Waals surface area contributed by atoms with Crippen LogP contribution in [-0.2, 0) is 20.9 Å². The van der Waals surface area contributed by atoms with Gasteiger partial charge in [-0.1, -0.05) is 71.7 Å². The second kappa shape index (κ2) is 9.10. The molecule has 0 spiro atoms. The summed E-state index contributed by atoms with van der Waals surface area (Å²) >= 11 is 12.7. The van der Waals surface area contributed by atoms with Gasteiger partial charge in [0.2, 0.25) is 0 Å². The van der Waals surface area contributed by atoms with Crippen molar-refractivity contribution in [2.24, 2.45) is 0 Å². The van der Waals surface area contributed by atoms with Crippen LogP contribution in [0, 0.1) is 0 Å². The maximum Gasteiger partial charge on any atom is 0.306 e. The van der Waals surface area contributed by atoms with Crippen molar-refractivity contribution in [3.63, 3.8) is 0 Å². The van der Waals surface area contributed by atoms with Gasteiger partial charge in [-0.05, 0) is 29.8 Å². The first-order valence-corrected chi connectivity index (χ1v) is 10.5. The Morgan fingerprint density at radius 2 is 1.68 bits per heavy atom. The molecular weight excluding hydrogens is 437 g/mol.